The van der Waals surface area contributed by atoms with Crippen LogP contribution in [-0.4, -0.2) is 29.6 Å². The average molecular weight is 373 g/mol. The summed E-state index contributed by atoms with van der Waals surface area (Å²) < 4.78 is 12.9. The molecule has 0 unspecified atom stereocenters. The zero-order valence-electron chi connectivity index (χ0n) is 14.9. The van der Waals surface area contributed by atoms with Crippen LogP contribution in [-0.2, 0) is 23.6 Å². The molecule has 138 valence electrons. The van der Waals surface area contributed by atoms with Gasteiger partial charge in [0.15, 0.2) is 0 Å². The number of likely N-dealkylation sites (tertiary alicyclic amines) is 1. The van der Waals surface area contributed by atoms with Crippen molar-refractivity contribution in [2.45, 2.75) is 31.7 Å². The fourth-order valence-electron chi connectivity index (χ4n) is 3.06. The van der Waals surface area contributed by atoms with Gasteiger partial charge in [-0.15, -0.1) is 11.8 Å². The van der Waals surface area contributed by atoms with Crippen molar-refractivity contribution in [1.29, 1.82) is 0 Å². The van der Waals surface area contributed by atoms with Crippen LogP contribution < -0.4 is 5.32 Å². The Balaban J connectivity index is 1.35. The predicted molar refractivity (Wildman–Crippen MR) is 105 cm³/mol. The molecule has 1 saturated heterocycles. The molecule has 2 aromatic rings. The van der Waals surface area contributed by atoms with Gasteiger partial charge in [-0.05, 0) is 54.8 Å². The van der Waals surface area contributed by atoms with Crippen LogP contribution in [0.3, 0.4) is 0 Å². The van der Waals surface area contributed by atoms with E-state index in [9.17, 15) is 9.18 Å². The van der Waals surface area contributed by atoms with Crippen LogP contribution in [0.4, 0.5) is 4.39 Å². The summed E-state index contributed by atoms with van der Waals surface area (Å²) in [5.41, 5.74) is 3.47. The molecule has 0 atom stereocenters. The van der Waals surface area contributed by atoms with Gasteiger partial charge in [-0.25, -0.2) is 4.39 Å². The van der Waals surface area contributed by atoms with Crippen molar-refractivity contribution in [3.63, 3.8) is 0 Å². The summed E-state index contributed by atoms with van der Waals surface area (Å²) in [6.07, 6.45) is 2.62. The maximum atomic E-state index is 12.9. The van der Waals surface area contributed by atoms with Gasteiger partial charge in [-0.3, -0.25) is 9.69 Å². The molecule has 0 aliphatic carbocycles. The van der Waals surface area contributed by atoms with Gasteiger partial charge in [0.2, 0.25) is 5.91 Å². The first-order chi connectivity index (χ1) is 12.7. The zero-order chi connectivity index (χ0) is 18.2. The van der Waals surface area contributed by atoms with Crippen LogP contribution in [0.2, 0.25) is 0 Å². The summed E-state index contributed by atoms with van der Waals surface area (Å²) in [7, 11) is 0. The molecule has 1 aliphatic heterocycles. The van der Waals surface area contributed by atoms with E-state index in [0.717, 1.165) is 17.7 Å². The van der Waals surface area contributed by atoms with Gasteiger partial charge >= 0.3 is 0 Å². The van der Waals surface area contributed by atoms with Crippen molar-refractivity contribution in [3.8, 4) is 0 Å². The summed E-state index contributed by atoms with van der Waals surface area (Å²) in [6.45, 7) is 3.98. The van der Waals surface area contributed by atoms with Gasteiger partial charge < -0.3 is 5.32 Å². The Labute approximate surface area is 159 Å². The van der Waals surface area contributed by atoms with Crippen LogP contribution in [0.15, 0.2) is 48.5 Å². The number of thioether (sulfide) groups is 1. The molecule has 3 nitrogen and oxygen atoms in total. The fourth-order valence-corrected chi connectivity index (χ4v) is 3.87. The molecule has 1 aliphatic rings. The molecule has 0 radical (unpaired) electrons. The van der Waals surface area contributed by atoms with E-state index in [-0.39, 0.29) is 11.7 Å². The molecule has 0 spiro atoms. The maximum absolute atomic E-state index is 12.9. The highest BCUT2D eigenvalue weighted by Gasteiger charge is 2.11. The summed E-state index contributed by atoms with van der Waals surface area (Å²) in [5.74, 6) is 0.907. The lowest BCUT2D eigenvalue weighted by atomic mass is 10.1. The first kappa shape index (κ1) is 18.9. The molecule has 3 rings (SSSR count). The van der Waals surface area contributed by atoms with Gasteiger partial charge in [0.05, 0.1) is 5.75 Å². The third-order valence-electron chi connectivity index (χ3n) is 4.53. The number of nitrogens with one attached hydrogen (secondary N) is 1. The van der Waals surface area contributed by atoms with Crippen molar-refractivity contribution in [2.24, 2.45) is 0 Å². The molecule has 1 N–H and O–H groups in total. The Bertz CT molecular complexity index is 697. The molecule has 1 heterocycles. The molecule has 26 heavy (non-hydrogen) atoms. The minimum Gasteiger partial charge on any atom is -0.351 e. The normalized spacial score (nSPS) is 14.5. The summed E-state index contributed by atoms with van der Waals surface area (Å²) in [6, 6.07) is 14.9. The Kier molecular flexibility index (Phi) is 7.09. The molecular formula is C21H25FN2OS. The van der Waals surface area contributed by atoms with Crippen LogP contribution in [0.5, 0.6) is 0 Å². The van der Waals surface area contributed by atoms with Crippen molar-refractivity contribution in [1.82, 2.24) is 10.2 Å². The molecule has 0 aromatic heterocycles. The third-order valence-corrected chi connectivity index (χ3v) is 5.54. The number of carbonyl (C=O) groups excluding carboxylic acids is 1. The second kappa shape index (κ2) is 9.74. The molecule has 1 fully saturated rings. The van der Waals surface area contributed by atoms with Crippen LogP contribution in [0.1, 0.15) is 29.5 Å². The molecule has 5 heteroatoms. The standard InChI is InChI=1S/C21H25FN2OS/c22-20-9-7-19(8-10-20)15-26-16-21(25)23-13-17-3-5-18(6-4-17)14-24-11-1-2-12-24/h3-10H,1-2,11-16H2,(H,23,25). The van der Waals surface area contributed by atoms with E-state index in [1.54, 1.807) is 12.1 Å². The summed E-state index contributed by atoms with van der Waals surface area (Å²) in [5, 5.41) is 2.96. The smallest absolute Gasteiger partial charge is 0.230 e. The van der Waals surface area contributed by atoms with E-state index >= 15 is 0 Å². The topological polar surface area (TPSA) is 32.3 Å². The van der Waals surface area contributed by atoms with Crippen LogP contribution in [0, 0.1) is 5.82 Å². The van der Waals surface area contributed by atoms with E-state index in [1.807, 2.05) is 0 Å². The number of hydrogen-bond acceptors (Lipinski definition) is 3. The first-order valence-corrected chi connectivity index (χ1v) is 10.2. The highest BCUT2D eigenvalue weighted by molar-refractivity contribution is 7.99. The number of rotatable bonds is 8. The van der Waals surface area contributed by atoms with Crippen molar-refractivity contribution in [3.05, 3.63) is 71.0 Å². The third kappa shape index (κ3) is 6.15. The number of benzene rings is 2. The highest BCUT2D eigenvalue weighted by atomic mass is 32.2. The van der Waals surface area contributed by atoms with E-state index in [2.05, 4.69) is 34.5 Å². The Morgan fingerprint density at radius 3 is 2.27 bits per heavy atom. The Hall–Kier alpha value is -1.85. The number of nitrogens with zero attached hydrogens (tertiary/aromatic N) is 1. The van der Waals surface area contributed by atoms with Crippen molar-refractivity contribution >= 4 is 17.7 Å². The predicted octanol–water partition coefficient (Wildman–Crippen LogP) is 3.97. The van der Waals surface area contributed by atoms with E-state index in [1.165, 1.54) is 55.4 Å². The molecule has 1 amide bonds. The zero-order valence-corrected chi connectivity index (χ0v) is 15.7. The summed E-state index contributed by atoms with van der Waals surface area (Å²) in [4.78, 5) is 14.4. The van der Waals surface area contributed by atoms with Crippen LogP contribution in [0.25, 0.3) is 0 Å². The van der Waals surface area contributed by atoms with Crippen molar-refractivity contribution in [2.75, 3.05) is 18.8 Å². The highest BCUT2D eigenvalue weighted by Crippen LogP contribution is 2.14. The van der Waals surface area contributed by atoms with Crippen LogP contribution >= 0.6 is 11.8 Å². The molecule has 0 saturated carbocycles. The minimum absolute atomic E-state index is 0.0262. The molecule has 0 bridgehead atoms. The van der Waals surface area contributed by atoms with Gasteiger partial charge in [-0.2, -0.15) is 0 Å². The second-order valence-corrected chi connectivity index (χ2v) is 7.68. The maximum Gasteiger partial charge on any atom is 0.230 e. The Morgan fingerprint density at radius 2 is 1.58 bits per heavy atom. The lowest BCUT2D eigenvalue weighted by Gasteiger charge is -2.14. The minimum atomic E-state index is -0.233. The molecule has 2 aromatic carbocycles. The lowest BCUT2D eigenvalue weighted by molar-refractivity contribution is -0.118. The number of halogens is 1. The van der Waals surface area contributed by atoms with Gasteiger partial charge in [0.25, 0.3) is 0 Å². The lowest BCUT2D eigenvalue weighted by Crippen LogP contribution is -2.24. The largest absolute Gasteiger partial charge is 0.351 e. The van der Waals surface area contributed by atoms with E-state index < -0.39 is 0 Å². The first-order valence-electron chi connectivity index (χ1n) is 9.08. The number of amides is 1. The van der Waals surface area contributed by atoms with Gasteiger partial charge in [0.1, 0.15) is 5.82 Å². The second-order valence-electron chi connectivity index (χ2n) is 6.70. The SMILES string of the molecule is O=C(CSCc1ccc(F)cc1)NCc1ccc(CN2CCCC2)cc1. The monoisotopic (exact) mass is 372 g/mol. The van der Waals surface area contributed by atoms with Gasteiger partial charge in [0, 0.05) is 18.8 Å². The molecular weight excluding hydrogens is 347 g/mol. The summed E-state index contributed by atoms with van der Waals surface area (Å²) >= 11 is 1.54. The fraction of sp³-hybridized carbons (Fsp3) is 0.381. The van der Waals surface area contributed by atoms with E-state index in [4.69, 9.17) is 0 Å². The quantitative estimate of drug-likeness (QED) is 0.761. The van der Waals surface area contributed by atoms with Crippen molar-refractivity contribution < 1.29 is 9.18 Å². The Morgan fingerprint density at radius 1 is 0.962 bits per heavy atom. The average Bonchev–Trinajstić information content (AvgIpc) is 3.16. The number of hydrogen-bond donors (Lipinski definition) is 1. The number of carbonyl (C=O) groups is 1. The van der Waals surface area contributed by atoms with E-state index in [0.29, 0.717) is 18.1 Å². The van der Waals surface area contributed by atoms with Gasteiger partial charge in [-0.1, -0.05) is 36.4 Å².